The molecule has 0 aromatic heterocycles. The molecule has 0 bridgehead atoms. The maximum Gasteiger partial charge on any atom is 0.281 e. The quantitative estimate of drug-likeness (QED) is 0.720. The summed E-state index contributed by atoms with van der Waals surface area (Å²) in [5.74, 6) is 0. The summed E-state index contributed by atoms with van der Waals surface area (Å²) in [5.41, 5.74) is 8.66. The molecule has 1 aromatic rings. The summed E-state index contributed by atoms with van der Waals surface area (Å²) in [6.45, 7) is 20.2. The SMILES string of the molecule is C=C(C1=C(CC)[CH]([Mn])C2=C1CCCC2)c1ccccc1.[C]=O.[C]=O.[C]=O. The van der Waals surface area contributed by atoms with Crippen molar-refractivity contribution < 1.29 is 30.4 Å². The van der Waals surface area contributed by atoms with E-state index in [1.54, 1.807) is 11.1 Å². The molecule has 1 aromatic carbocycles. The molecule has 0 aliphatic heterocycles. The molecule has 2 aliphatic carbocycles. The first-order chi connectivity index (χ1) is 12.7. The second-order valence-corrected chi connectivity index (χ2v) is 6.35. The molecule has 0 fully saturated rings. The van der Waals surface area contributed by atoms with Crippen LogP contribution in [-0.2, 0) is 30.4 Å². The van der Waals surface area contributed by atoms with Gasteiger partial charge in [0.05, 0.1) is 0 Å². The van der Waals surface area contributed by atoms with Crippen molar-refractivity contribution in [1.29, 1.82) is 0 Å². The van der Waals surface area contributed by atoms with E-state index in [1.807, 2.05) is 0 Å². The van der Waals surface area contributed by atoms with Gasteiger partial charge < -0.3 is 0 Å². The Morgan fingerprint density at radius 2 is 1.58 bits per heavy atom. The summed E-state index contributed by atoms with van der Waals surface area (Å²) in [7, 11) is 0. The molecule has 0 heterocycles. The smallest absolute Gasteiger partial charge is 0.281 e. The fourth-order valence-electron chi connectivity index (χ4n) is 3.54. The van der Waals surface area contributed by atoms with Gasteiger partial charge in [0, 0.05) is 0 Å². The molecule has 0 amide bonds. The molecule has 4 heteroatoms. The van der Waals surface area contributed by atoms with E-state index < -0.39 is 0 Å². The van der Waals surface area contributed by atoms with Gasteiger partial charge in [-0.15, -0.1) is 0 Å². The molecule has 0 spiro atoms. The van der Waals surface area contributed by atoms with Crippen molar-refractivity contribution in [2.45, 2.75) is 43.8 Å². The van der Waals surface area contributed by atoms with Gasteiger partial charge in [-0.25, -0.2) is 0 Å². The van der Waals surface area contributed by atoms with Crippen molar-refractivity contribution in [2.75, 3.05) is 0 Å². The summed E-state index contributed by atoms with van der Waals surface area (Å²) >= 11 is 3.93. The van der Waals surface area contributed by atoms with Crippen LogP contribution in [0.2, 0.25) is 4.82 Å². The van der Waals surface area contributed by atoms with E-state index in [9.17, 15) is 0 Å². The average molecular weight is 388 g/mol. The summed E-state index contributed by atoms with van der Waals surface area (Å²) in [4.78, 5) is 23.0. The normalized spacial score (nSPS) is 17.5. The molecule has 134 valence electrons. The van der Waals surface area contributed by atoms with Gasteiger partial charge >= 0.3 is 130 Å². The standard InChI is InChI=1S/C19H21.3CO.Mn/c1-3-15-13-17-11-7-8-12-18(17)19(15)14(2)16-9-5-4-6-10-16;3*1-2;/h4-6,9-10,13H,2-3,7-8,11-12H2,1H3;;;;. The molecule has 0 saturated heterocycles. The molecule has 2 aliphatic rings. The Kier molecular flexibility index (Phi) is 12.2. The number of carbonyl (C=O) groups excluding carboxylic acids is 3. The molecule has 1 unspecified atom stereocenters. The summed E-state index contributed by atoms with van der Waals surface area (Å²) in [6.07, 6.45) is 6.23. The Morgan fingerprint density at radius 1 is 1.04 bits per heavy atom. The van der Waals surface area contributed by atoms with E-state index in [2.05, 4.69) is 80.2 Å². The minimum Gasteiger partial charge on any atom is -0.281 e. The molecule has 6 radical (unpaired) electrons. The van der Waals surface area contributed by atoms with Crippen molar-refractivity contribution in [2.24, 2.45) is 0 Å². The first-order valence-corrected chi connectivity index (χ1v) is 8.87. The third kappa shape index (κ3) is 5.23. The van der Waals surface area contributed by atoms with E-state index in [4.69, 9.17) is 14.4 Å². The second kappa shape index (κ2) is 13.2. The Balaban J connectivity index is 0.000000948. The number of benzene rings is 1. The van der Waals surface area contributed by atoms with Crippen LogP contribution in [0.15, 0.2) is 59.2 Å². The first kappa shape index (κ1) is 24.0. The Hall–Kier alpha value is -2.03. The third-order valence-electron chi connectivity index (χ3n) is 4.55. The zero-order valence-corrected chi connectivity index (χ0v) is 16.0. The summed E-state index contributed by atoms with van der Waals surface area (Å²) in [6, 6.07) is 10.6. The molecular weight excluding hydrogens is 367 g/mol. The van der Waals surface area contributed by atoms with Crippen LogP contribution in [0.25, 0.3) is 5.57 Å². The summed E-state index contributed by atoms with van der Waals surface area (Å²) in [5, 5.41) is 0. The van der Waals surface area contributed by atoms with Crippen LogP contribution in [0.5, 0.6) is 0 Å². The van der Waals surface area contributed by atoms with Gasteiger partial charge in [0.15, 0.2) is 0 Å². The van der Waals surface area contributed by atoms with Gasteiger partial charge in [0.25, 0.3) is 20.4 Å². The fraction of sp³-hybridized carbons (Fsp3) is 0.318. The van der Waals surface area contributed by atoms with Crippen molar-refractivity contribution >= 4 is 25.9 Å². The van der Waals surface area contributed by atoms with Gasteiger partial charge in [0.1, 0.15) is 0 Å². The summed E-state index contributed by atoms with van der Waals surface area (Å²) < 4.78 is 0. The van der Waals surface area contributed by atoms with Crippen LogP contribution in [-0.4, -0.2) is 20.4 Å². The topological polar surface area (TPSA) is 51.2 Å². The molecule has 26 heavy (non-hydrogen) atoms. The number of hydrogen-bond acceptors (Lipinski definition) is 3. The van der Waals surface area contributed by atoms with Gasteiger partial charge in [-0.1, -0.05) is 0 Å². The molecule has 1 atom stereocenters. The molecule has 0 N–H and O–H groups in total. The average Bonchev–Trinajstić information content (AvgIpc) is 3.04. The predicted molar refractivity (Wildman–Crippen MR) is 99.1 cm³/mol. The van der Waals surface area contributed by atoms with Crippen LogP contribution >= 0.6 is 0 Å². The van der Waals surface area contributed by atoms with Crippen LogP contribution in [0.1, 0.15) is 44.6 Å². The van der Waals surface area contributed by atoms with Gasteiger partial charge in [0.2, 0.25) is 0 Å². The monoisotopic (exact) mass is 388 g/mol. The molecule has 0 saturated carbocycles. The minimum atomic E-state index is 0.457. The van der Waals surface area contributed by atoms with Gasteiger partial charge in [-0.3, -0.25) is 14.4 Å². The Labute approximate surface area is 165 Å². The third-order valence-corrected chi connectivity index (χ3v) is 5.37. The largest absolute Gasteiger partial charge is 0.281 e. The van der Waals surface area contributed by atoms with Gasteiger partial charge in [-0.2, -0.15) is 0 Å². The molecule has 3 rings (SSSR count). The fourth-order valence-corrected chi connectivity index (χ4v) is 4.33. The van der Waals surface area contributed by atoms with Crippen molar-refractivity contribution in [3.05, 3.63) is 64.8 Å². The maximum atomic E-state index is 7.50. The molecular formula is C22H21MnO3. The van der Waals surface area contributed by atoms with E-state index in [0.29, 0.717) is 4.82 Å². The number of rotatable bonds is 3. The molecule has 3 nitrogen and oxygen atoms in total. The van der Waals surface area contributed by atoms with E-state index in [0.717, 1.165) is 6.42 Å². The van der Waals surface area contributed by atoms with Gasteiger partial charge in [-0.05, 0) is 0 Å². The minimum absolute atomic E-state index is 0.457. The van der Waals surface area contributed by atoms with Crippen LogP contribution in [0.3, 0.4) is 0 Å². The number of hydrogen-bond donors (Lipinski definition) is 0. The maximum absolute atomic E-state index is 7.50. The number of allylic oxidation sites excluding steroid dienone is 5. The van der Waals surface area contributed by atoms with Crippen molar-refractivity contribution in [3.8, 4) is 0 Å². The first-order valence-electron chi connectivity index (χ1n) is 8.19. The Morgan fingerprint density at radius 3 is 2.12 bits per heavy atom. The second-order valence-electron chi connectivity index (χ2n) is 5.67. The van der Waals surface area contributed by atoms with E-state index >= 15 is 0 Å². The van der Waals surface area contributed by atoms with Crippen molar-refractivity contribution in [1.82, 2.24) is 0 Å². The zero-order chi connectivity index (χ0) is 20.1. The van der Waals surface area contributed by atoms with Crippen LogP contribution < -0.4 is 0 Å². The van der Waals surface area contributed by atoms with Crippen molar-refractivity contribution in [3.63, 3.8) is 0 Å². The van der Waals surface area contributed by atoms with Crippen LogP contribution in [0, 0.1) is 0 Å². The Bertz CT molecular complexity index is 642. The van der Waals surface area contributed by atoms with Crippen LogP contribution in [0.4, 0.5) is 0 Å². The van der Waals surface area contributed by atoms with E-state index in [1.165, 1.54) is 48.0 Å². The van der Waals surface area contributed by atoms with E-state index in [-0.39, 0.29) is 0 Å². The predicted octanol–water partition coefficient (Wildman–Crippen LogP) is 4.43. The zero-order valence-electron chi connectivity index (χ0n) is 14.8.